The first kappa shape index (κ1) is 27.5. The van der Waals surface area contributed by atoms with E-state index in [1.54, 1.807) is 13.8 Å². The highest BCUT2D eigenvalue weighted by Gasteiger charge is 2.40. The van der Waals surface area contributed by atoms with E-state index in [2.05, 4.69) is 10.6 Å². The minimum Gasteiger partial charge on any atom is -0.445 e. The largest absolute Gasteiger partial charge is 0.445 e. The van der Waals surface area contributed by atoms with E-state index in [4.69, 9.17) is 13.8 Å². The van der Waals surface area contributed by atoms with Crippen LogP contribution >= 0.6 is 7.60 Å². The number of amides is 2. The average Bonchev–Trinajstić information content (AvgIpc) is 2.85. The predicted octanol–water partition coefficient (Wildman–Crippen LogP) is 3.47. The molecule has 34 heavy (non-hydrogen) atoms. The number of alkyl carbamates (subject to hydrolysis) is 1. The van der Waals surface area contributed by atoms with Gasteiger partial charge in [-0.25, -0.2) is 4.79 Å². The number of aliphatic hydroxyl groups excluding tert-OH is 1. The lowest BCUT2D eigenvalue weighted by molar-refractivity contribution is -0.125. The lowest BCUT2D eigenvalue weighted by Crippen LogP contribution is -2.55. The summed E-state index contributed by atoms with van der Waals surface area (Å²) in [7, 11) is -1.59. The van der Waals surface area contributed by atoms with Gasteiger partial charge in [-0.2, -0.15) is 0 Å². The molecule has 0 aliphatic carbocycles. The molecule has 0 aliphatic heterocycles. The molecule has 0 heterocycles. The summed E-state index contributed by atoms with van der Waals surface area (Å²) in [6.45, 7) is 3.58. The van der Waals surface area contributed by atoms with Gasteiger partial charge >= 0.3 is 13.7 Å². The third kappa shape index (κ3) is 7.95. The second kappa shape index (κ2) is 13.2. The molecular formula is C24H33N2O7P. The summed E-state index contributed by atoms with van der Waals surface area (Å²) >= 11 is 0. The Morgan fingerprint density at radius 3 is 1.94 bits per heavy atom. The fraction of sp³-hybridized carbons (Fsp3) is 0.417. The van der Waals surface area contributed by atoms with Crippen LogP contribution in [0.25, 0.3) is 0 Å². The molecule has 0 saturated heterocycles. The van der Waals surface area contributed by atoms with Gasteiger partial charge in [0.15, 0.2) is 5.85 Å². The Bertz CT molecular complexity index is 948. The van der Waals surface area contributed by atoms with Crippen molar-refractivity contribution in [1.82, 2.24) is 10.6 Å². The first-order valence-corrected chi connectivity index (χ1v) is 12.5. The van der Waals surface area contributed by atoms with Gasteiger partial charge in [-0.15, -0.1) is 0 Å². The summed E-state index contributed by atoms with van der Waals surface area (Å²) in [6, 6.07) is 16.3. The van der Waals surface area contributed by atoms with Crippen LogP contribution in [0.2, 0.25) is 0 Å². The van der Waals surface area contributed by atoms with E-state index in [9.17, 15) is 19.3 Å². The van der Waals surface area contributed by atoms with Gasteiger partial charge in [-0.05, 0) is 23.5 Å². The fourth-order valence-electron chi connectivity index (χ4n) is 3.31. The molecule has 0 saturated carbocycles. The minimum absolute atomic E-state index is 0.0549. The highest BCUT2D eigenvalue weighted by Crippen LogP contribution is 2.51. The smallest absolute Gasteiger partial charge is 0.408 e. The van der Waals surface area contributed by atoms with Crippen molar-refractivity contribution in [1.29, 1.82) is 0 Å². The van der Waals surface area contributed by atoms with Gasteiger partial charge in [0.2, 0.25) is 5.91 Å². The number of hydrogen-bond donors (Lipinski definition) is 3. The molecule has 0 aliphatic rings. The van der Waals surface area contributed by atoms with E-state index in [1.165, 1.54) is 0 Å². The van der Waals surface area contributed by atoms with Crippen LogP contribution in [-0.2, 0) is 36.2 Å². The van der Waals surface area contributed by atoms with Gasteiger partial charge in [0.1, 0.15) is 12.6 Å². The Hall–Kier alpha value is -2.71. The van der Waals surface area contributed by atoms with Crippen LogP contribution in [0.15, 0.2) is 60.7 Å². The zero-order chi connectivity index (χ0) is 25.1. The summed E-state index contributed by atoms with van der Waals surface area (Å²) in [6.07, 6.45) is -0.592. The average molecular weight is 493 g/mol. The molecule has 0 bridgehead atoms. The molecular weight excluding hydrogens is 459 g/mol. The molecule has 2 aromatic carbocycles. The molecule has 0 radical (unpaired) electrons. The Morgan fingerprint density at radius 1 is 0.912 bits per heavy atom. The topological polar surface area (TPSA) is 123 Å². The fourth-order valence-corrected chi connectivity index (χ4v) is 4.51. The molecule has 2 rings (SSSR count). The predicted molar refractivity (Wildman–Crippen MR) is 128 cm³/mol. The van der Waals surface area contributed by atoms with Crippen LogP contribution in [0.5, 0.6) is 0 Å². The normalized spacial score (nSPS) is 14.2. The first-order valence-electron chi connectivity index (χ1n) is 10.9. The maximum absolute atomic E-state index is 13.1. The van der Waals surface area contributed by atoms with E-state index < -0.39 is 37.5 Å². The number of aliphatic hydroxyl groups is 1. The Morgan fingerprint density at radius 2 is 1.44 bits per heavy atom. The van der Waals surface area contributed by atoms with Crippen molar-refractivity contribution >= 4 is 19.6 Å². The van der Waals surface area contributed by atoms with Crippen LogP contribution in [-0.4, -0.2) is 49.3 Å². The van der Waals surface area contributed by atoms with Crippen LogP contribution < -0.4 is 10.6 Å². The van der Waals surface area contributed by atoms with Crippen LogP contribution in [0.4, 0.5) is 4.79 Å². The Balaban J connectivity index is 2.13. The molecule has 3 N–H and O–H groups in total. The van der Waals surface area contributed by atoms with E-state index in [-0.39, 0.29) is 18.9 Å². The SMILES string of the molecule is COP(=O)(OC)C(O)[C@H](Cc1ccccc1)NC(=O)[C@@H](NC(=O)OCc1ccccc1)C(C)C. The van der Waals surface area contributed by atoms with Crippen LogP contribution in [0, 0.1) is 5.92 Å². The maximum atomic E-state index is 13.1. The second-order valence-corrected chi connectivity index (χ2v) is 10.4. The number of nitrogens with one attached hydrogen (secondary N) is 2. The van der Waals surface area contributed by atoms with Crippen LogP contribution in [0.3, 0.4) is 0 Å². The highest BCUT2D eigenvalue weighted by atomic mass is 31.2. The van der Waals surface area contributed by atoms with Gasteiger partial charge in [0.25, 0.3) is 0 Å². The first-order chi connectivity index (χ1) is 16.2. The Labute approximate surface area is 200 Å². The molecule has 0 spiro atoms. The quantitative estimate of drug-likeness (QED) is 0.388. The molecule has 1 unspecified atom stereocenters. The lowest BCUT2D eigenvalue weighted by atomic mass is 10.0. The van der Waals surface area contributed by atoms with Gasteiger partial charge < -0.3 is 29.5 Å². The van der Waals surface area contributed by atoms with Crippen molar-refractivity contribution in [2.24, 2.45) is 5.92 Å². The number of carbonyl (C=O) groups is 2. The molecule has 0 fully saturated rings. The molecule has 0 aromatic heterocycles. The molecule has 2 amide bonds. The van der Waals surface area contributed by atoms with Crippen molar-refractivity contribution in [3.63, 3.8) is 0 Å². The standard InChI is InChI=1S/C24H33N2O7P/c1-17(2)21(26-24(29)33-16-19-13-9-6-10-14-19)22(27)25-20(15-18-11-7-5-8-12-18)23(28)34(30,31-3)32-4/h5-14,17,20-21,23,28H,15-16H2,1-4H3,(H,25,27)(H,26,29)/t20-,21-,23?/m0/s1. The highest BCUT2D eigenvalue weighted by molar-refractivity contribution is 7.54. The molecule has 10 heteroatoms. The summed E-state index contributed by atoms with van der Waals surface area (Å²) in [5, 5.41) is 16.1. The summed E-state index contributed by atoms with van der Waals surface area (Å²) < 4.78 is 27.9. The summed E-state index contributed by atoms with van der Waals surface area (Å²) in [5.74, 6) is -2.50. The maximum Gasteiger partial charge on any atom is 0.408 e. The molecule has 3 atom stereocenters. The number of ether oxygens (including phenoxy) is 1. The Kier molecular flexibility index (Phi) is 10.7. The van der Waals surface area contributed by atoms with Gasteiger partial charge in [0.05, 0.1) is 6.04 Å². The molecule has 2 aromatic rings. The zero-order valence-electron chi connectivity index (χ0n) is 19.8. The van der Waals surface area contributed by atoms with Crippen molar-refractivity contribution in [3.05, 3.63) is 71.8 Å². The second-order valence-electron chi connectivity index (χ2n) is 8.05. The summed E-state index contributed by atoms with van der Waals surface area (Å²) in [4.78, 5) is 25.5. The van der Waals surface area contributed by atoms with Crippen molar-refractivity contribution < 1.29 is 33.0 Å². The van der Waals surface area contributed by atoms with E-state index in [1.807, 2.05) is 60.7 Å². The minimum atomic E-state index is -3.92. The third-order valence-corrected chi connectivity index (χ3v) is 7.28. The van der Waals surface area contributed by atoms with E-state index in [0.29, 0.717) is 0 Å². The lowest BCUT2D eigenvalue weighted by Gasteiger charge is -2.30. The zero-order valence-corrected chi connectivity index (χ0v) is 20.7. The van der Waals surface area contributed by atoms with Gasteiger partial charge in [-0.1, -0.05) is 74.5 Å². The number of carbonyl (C=O) groups excluding carboxylic acids is 2. The van der Waals surface area contributed by atoms with Crippen LogP contribution in [0.1, 0.15) is 25.0 Å². The summed E-state index contributed by atoms with van der Waals surface area (Å²) in [5.41, 5.74) is 1.60. The number of hydrogen-bond acceptors (Lipinski definition) is 7. The molecule has 9 nitrogen and oxygen atoms in total. The number of rotatable bonds is 12. The van der Waals surface area contributed by atoms with E-state index in [0.717, 1.165) is 25.3 Å². The van der Waals surface area contributed by atoms with Crippen molar-refractivity contribution in [2.75, 3.05) is 14.2 Å². The molecule has 186 valence electrons. The van der Waals surface area contributed by atoms with Gasteiger partial charge in [-0.3, -0.25) is 9.36 Å². The van der Waals surface area contributed by atoms with Crippen molar-refractivity contribution in [2.45, 2.75) is 44.8 Å². The van der Waals surface area contributed by atoms with Gasteiger partial charge in [0, 0.05) is 14.2 Å². The third-order valence-electron chi connectivity index (χ3n) is 5.25. The van der Waals surface area contributed by atoms with E-state index >= 15 is 0 Å². The van der Waals surface area contributed by atoms with Crippen molar-refractivity contribution in [3.8, 4) is 0 Å². The monoisotopic (exact) mass is 492 g/mol. The number of benzene rings is 2.